The molecule has 0 saturated carbocycles. The normalized spacial score (nSPS) is 10.8. The second kappa shape index (κ2) is 8.95. The Morgan fingerprint density at radius 3 is 2.73 bits per heavy atom. The first kappa shape index (κ1) is 18.6. The number of carbonyl (C=O) groups excluding carboxylic acids is 1. The molecule has 0 fully saturated rings. The number of nitrogens with one attached hydrogen (secondary N) is 1. The Balaban J connectivity index is 1.43. The fourth-order valence-corrected chi connectivity index (χ4v) is 3.88. The molecule has 1 aromatic carbocycles. The summed E-state index contributed by atoms with van der Waals surface area (Å²) < 4.78 is 7.19. The van der Waals surface area contributed by atoms with Crippen molar-refractivity contribution in [3.63, 3.8) is 0 Å². The third-order valence-corrected chi connectivity index (χ3v) is 5.74. The number of benzene rings is 1. The number of aromatic nitrogens is 3. The number of thioether (sulfide) groups is 2. The molecule has 26 heavy (non-hydrogen) atoms. The summed E-state index contributed by atoms with van der Waals surface area (Å²) in [6, 6.07) is 12.0. The second-order valence-corrected chi connectivity index (χ2v) is 7.67. The third-order valence-electron chi connectivity index (χ3n) is 3.70. The molecule has 2 aromatic heterocycles. The van der Waals surface area contributed by atoms with Gasteiger partial charge in [0.15, 0.2) is 11.0 Å². The summed E-state index contributed by atoms with van der Waals surface area (Å²) in [7, 11) is 1.89. The molecule has 0 aliphatic carbocycles. The molecular weight excluding hydrogens is 368 g/mol. The number of aryl methyl sites for hydroxylation is 1. The van der Waals surface area contributed by atoms with Gasteiger partial charge in [0.05, 0.1) is 17.6 Å². The minimum Gasteiger partial charge on any atom is -0.469 e. The van der Waals surface area contributed by atoms with E-state index in [0.29, 0.717) is 17.5 Å². The summed E-state index contributed by atoms with van der Waals surface area (Å²) >= 11 is 3.10. The number of hydrogen-bond acceptors (Lipinski definition) is 6. The quantitative estimate of drug-likeness (QED) is 0.471. The highest BCUT2D eigenvalue weighted by molar-refractivity contribution is 7.99. The van der Waals surface area contributed by atoms with Crippen molar-refractivity contribution in [2.45, 2.75) is 17.0 Å². The van der Waals surface area contributed by atoms with Crippen LogP contribution < -0.4 is 5.32 Å². The van der Waals surface area contributed by atoms with E-state index < -0.39 is 0 Å². The highest BCUT2D eigenvalue weighted by Gasteiger charge is 2.15. The topological polar surface area (TPSA) is 72.9 Å². The van der Waals surface area contributed by atoms with Crippen LogP contribution in [0.1, 0.15) is 5.76 Å². The van der Waals surface area contributed by atoms with Gasteiger partial charge in [-0.2, -0.15) is 0 Å². The van der Waals surface area contributed by atoms with Crippen molar-refractivity contribution in [2.24, 2.45) is 7.05 Å². The van der Waals surface area contributed by atoms with Crippen LogP contribution in [0.15, 0.2) is 57.1 Å². The molecule has 2 heterocycles. The third kappa shape index (κ3) is 4.70. The predicted molar refractivity (Wildman–Crippen MR) is 104 cm³/mol. The van der Waals surface area contributed by atoms with E-state index in [0.717, 1.165) is 22.9 Å². The van der Waals surface area contributed by atoms with Gasteiger partial charge in [0.1, 0.15) is 5.76 Å². The maximum atomic E-state index is 12.0. The van der Waals surface area contributed by atoms with Gasteiger partial charge in [-0.25, -0.2) is 0 Å². The molecule has 8 heteroatoms. The van der Waals surface area contributed by atoms with Gasteiger partial charge in [0, 0.05) is 24.2 Å². The summed E-state index contributed by atoms with van der Waals surface area (Å²) in [4.78, 5) is 13.2. The molecule has 0 spiro atoms. The molecule has 1 amide bonds. The lowest BCUT2D eigenvalue weighted by Crippen LogP contribution is -2.27. The Kier molecular flexibility index (Phi) is 6.40. The Morgan fingerprint density at radius 2 is 2.00 bits per heavy atom. The second-order valence-electron chi connectivity index (χ2n) is 5.56. The smallest absolute Gasteiger partial charge is 0.230 e. The standard InChI is InChI=1S/C18H20N4O2S2/c1-13-15(8-10-24-13)17-20-21-18(22(17)2)26-12-16(23)19-9-11-25-14-6-4-3-5-7-14/h3-8,10H,9,11-12H2,1-2H3,(H,19,23). The average molecular weight is 389 g/mol. The molecule has 0 aliphatic heterocycles. The molecule has 0 aliphatic rings. The van der Waals surface area contributed by atoms with Crippen molar-refractivity contribution in [3.05, 3.63) is 48.4 Å². The SMILES string of the molecule is Cc1occc1-c1nnc(SCC(=O)NCCSc2ccccc2)n1C. The van der Waals surface area contributed by atoms with Crippen molar-refractivity contribution < 1.29 is 9.21 Å². The van der Waals surface area contributed by atoms with Crippen LogP contribution in [0.25, 0.3) is 11.4 Å². The maximum absolute atomic E-state index is 12.0. The lowest BCUT2D eigenvalue weighted by Gasteiger charge is -2.05. The number of rotatable bonds is 8. The molecular formula is C18H20N4O2S2. The van der Waals surface area contributed by atoms with Gasteiger partial charge < -0.3 is 14.3 Å². The van der Waals surface area contributed by atoms with Gasteiger partial charge in [-0.3, -0.25) is 4.79 Å². The molecule has 1 N–H and O–H groups in total. The monoisotopic (exact) mass is 388 g/mol. The molecule has 6 nitrogen and oxygen atoms in total. The number of hydrogen-bond donors (Lipinski definition) is 1. The lowest BCUT2D eigenvalue weighted by molar-refractivity contribution is -0.118. The largest absolute Gasteiger partial charge is 0.469 e. The Bertz CT molecular complexity index is 861. The maximum Gasteiger partial charge on any atom is 0.230 e. The van der Waals surface area contributed by atoms with Crippen LogP contribution in [0.3, 0.4) is 0 Å². The number of nitrogens with zero attached hydrogens (tertiary/aromatic N) is 3. The highest BCUT2D eigenvalue weighted by Crippen LogP contribution is 2.25. The molecule has 0 radical (unpaired) electrons. The van der Waals surface area contributed by atoms with Gasteiger partial charge in [0.25, 0.3) is 0 Å². The zero-order valence-electron chi connectivity index (χ0n) is 14.6. The molecule has 0 saturated heterocycles. The van der Waals surface area contributed by atoms with Gasteiger partial charge in [0.2, 0.25) is 5.91 Å². The van der Waals surface area contributed by atoms with Crippen LogP contribution in [0, 0.1) is 6.92 Å². The van der Waals surface area contributed by atoms with Crippen LogP contribution >= 0.6 is 23.5 Å². The van der Waals surface area contributed by atoms with Crippen LogP contribution in [-0.2, 0) is 11.8 Å². The van der Waals surface area contributed by atoms with Crippen LogP contribution in [-0.4, -0.2) is 38.7 Å². The highest BCUT2D eigenvalue weighted by atomic mass is 32.2. The van der Waals surface area contributed by atoms with E-state index in [2.05, 4.69) is 27.6 Å². The number of amides is 1. The van der Waals surface area contributed by atoms with Crippen LogP contribution in [0.2, 0.25) is 0 Å². The molecule has 3 aromatic rings. The van der Waals surface area contributed by atoms with Crippen molar-refractivity contribution in [3.8, 4) is 11.4 Å². The van der Waals surface area contributed by atoms with Gasteiger partial charge in [-0.15, -0.1) is 22.0 Å². The summed E-state index contributed by atoms with van der Waals surface area (Å²) in [5.41, 5.74) is 0.911. The summed E-state index contributed by atoms with van der Waals surface area (Å²) in [5.74, 6) is 2.68. The van der Waals surface area contributed by atoms with E-state index in [1.807, 2.05) is 42.8 Å². The Morgan fingerprint density at radius 1 is 1.19 bits per heavy atom. The molecule has 3 rings (SSSR count). The van der Waals surface area contributed by atoms with E-state index in [-0.39, 0.29) is 5.91 Å². The van der Waals surface area contributed by atoms with Crippen LogP contribution in [0.5, 0.6) is 0 Å². The summed E-state index contributed by atoms with van der Waals surface area (Å²) in [6.45, 7) is 2.52. The van der Waals surface area contributed by atoms with Gasteiger partial charge in [-0.05, 0) is 25.1 Å². The summed E-state index contributed by atoms with van der Waals surface area (Å²) in [5, 5.41) is 12.0. The average Bonchev–Trinajstić information content (AvgIpc) is 3.23. The van der Waals surface area contributed by atoms with E-state index in [4.69, 9.17) is 4.42 Å². The van der Waals surface area contributed by atoms with Gasteiger partial charge >= 0.3 is 0 Å². The fraction of sp³-hybridized carbons (Fsp3) is 0.278. The molecule has 0 bridgehead atoms. The first-order valence-corrected chi connectivity index (χ1v) is 10.1. The van der Waals surface area contributed by atoms with E-state index in [1.54, 1.807) is 18.0 Å². The zero-order chi connectivity index (χ0) is 18.4. The Labute approximate surface area is 160 Å². The minimum atomic E-state index is -0.00676. The molecule has 0 atom stereocenters. The predicted octanol–water partition coefficient (Wildman–Crippen LogP) is 3.38. The Hall–Kier alpha value is -2.19. The minimum absolute atomic E-state index is 0.00676. The zero-order valence-corrected chi connectivity index (χ0v) is 16.3. The lowest BCUT2D eigenvalue weighted by atomic mass is 10.2. The van der Waals surface area contributed by atoms with Crippen LogP contribution in [0.4, 0.5) is 0 Å². The summed E-state index contributed by atoms with van der Waals surface area (Å²) in [6.07, 6.45) is 1.63. The van der Waals surface area contributed by atoms with Gasteiger partial charge in [-0.1, -0.05) is 30.0 Å². The van der Waals surface area contributed by atoms with E-state index in [9.17, 15) is 4.79 Å². The van der Waals surface area contributed by atoms with E-state index in [1.165, 1.54) is 16.7 Å². The first-order chi connectivity index (χ1) is 12.6. The van der Waals surface area contributed by atoms with Crippen molar-refractivity contribution >= 4 is 29.4 Å². The number of furan rings is 1. The van der Waals surface area contributed by atoms with Crippen molar-refractivity contribution in [1.82, 2.24) is 20.1 Å². The van der Waals surface area contributed by atoms with Crippen molar-refractivity contribution in [1.29, 1.82) is 0 Å². The molecule has 136 valence electrons. The molecule has 0 unspecified atom stereocenters. The van der Waals surface area contributed by atoms with E-state index >= 15 is 0 Å². The number of carbonyl (C=O) groups is 1. The first-order valence-electron chi connectivity index (χ1n) is 8.16. The van der Waals surface area contributed by atoms with Crippen molar-refractivity contribution in [2.75, 3.05) is 18.1 Å². The fourth-order valence-electron chi connectivity index (χ4n) is 2.35.